The van der Waals surface area contributed by atoms with E-state index >= 15 is 0 Å². The molecular formula is C57H68N7O7PSi. The van der Waals surface area contributed by atoms with Crippen molar-refractivity contribution < 1.29 is 32.7 Å². The van der Waals surface area contributed by atoms with Crippen molar-refractivity contribution in [1.82, 2.24) is 29.2 Å². The number of aromatic nitrogens is 5. The van der Waals surface area contributed by atoms with E-state index in [1.165, 1.54) is 6.33 Å². The van der Waals surface area contributed by atoms with Crippen LogP contribution in [0.25, 0.3) is 22.3 Å². The summed E-state index contributed by atoms with van der Waals surface area (Å²) >= 11 is 0. The monoisotopic (exact) mass is 1020 g/mol. The van der Waals surface area contributed by atoms with Gasteiger partial charge in [0.25, 0.3) is 8.53 Å². The van der Waals surface area contributed by atoms with Crippen molar-refractivity contribution >= 4 is 27.8 Å². The normalized spacial score (nSPS) is 18.3. The molecule has 6 atom stereocenters. The minimum absolute atomic E-state index is 0.0234. The van der Waals surface area contributed by atoms with Crippen molar-refractivity contribution in [1.29, 1.82) is 5.26 Å². The van der Waals surface area contributed by atoms with Crippen molar-refractivity contribution in [3.8, 4) is 28.8 Å². The van der Waals surface area contributed by atoms with Crippen LogP contribution in [0.2, 0.25) is 25.7 Å². The van der Waals surface area contributed by atoms with E-state index in [2.05, 4.69) is 148 Å². The third kappa shape index (κ3) is 12.7. The molecule has 2 unspecified atom stereocenters. The molecule has 4 heterocycles. The summed E-state index contributed by atoms with van der Waals surface area (Å²) in [6, 6.07) is 42.3. The van der Waals surface area contributed by atoms with Gasteiger partial charge in [0, 0.05) is 32.6 Å². The second-order valence-electron chi connectivity index (χ2n) is 20.0. The number of benzene rings is 4. The second kappa shape index (κ2) is 24.4. The Bertz CT molecular complexity index is 2860. The third-order valence-electron chi connectivity index (χ3n) is 12.9. The van der Waals surface area contributed by atoms with Crippen LogP contribution in [0.15, 0.2) is 140 Å². The third-order valence-corrected chi connectivity index (χ3v) is 16.7. The van der Waals surface area contributed by atoms with E-state index in [1.54, 1.807) is 25.8 Å². The molecule has 0 aliphatic carbocycles. The number of methoxy groups -OCH3 is 1. The van der Waals surface area contributed by atoms with E-state index in [0.29, 0.717) is 23.7 Å². The number of imidazole rings is 1. The van der Waals surface area contributed by atoms with Crippen LogP contribution in [-0.4, -0.2) is 94.6 Å². The summed E-state index contributed by atoms with van der Waals surface area (Å²) in [7, 11) is -1.55. The number of hydrogen-bond acceptors (Lipinski definition) is 13. The molecule has 73 heavy (non-hydrogen) atoms. The molecule has 0 bridgehead atoms. The van der Waals surface area contributed by atoms with Gasteiger partial charge in [-0.2, -0.15) is 10.2 Å². The van der Waals surface area contributed by atoms with Gasteiger partial charge in [0.1, 0.15) is 36.0 Å². The van der Waals surface area contributed by atoms with Gasteiger partial charge in [0.15, 0.2) is 17.4 Å². The van der Waals surface area contributed by atoms with E-state index in [1.807, 2.05) is 47.0 Å². The number of nitrogens with zero attached hydrogens (tertiary/aromatic N) is 7. The number of fused-ring (bicyclic) bond motifs is 1. The summed E-state index contributed by atoms with van der Waals surface area (Å²) in [5.41, 5.74) is 6.85. The summed E-state index contributed by atoms with van der Waals surface area (Å²) < 4.78 is 52.3. The lowest BCUT2D eigenvalue weighted by atomic mass is 9.79. The van der Waals surface area contributed by atoms with Crippen molar-refractivity contribution in [2.75, 3.05) is 26.9 Å². The Hall–Kier alpha value is -5.92. The van der Waals surface area contributed by atoms with Gasteiger partial charge in [-0.15, -0.1) is 0 Å². The maximum atomic E-state index is 9.70. The average molecular weight is 1020 g/mol. The van der Waals surface area contributed by atoms with Crippen LogP contribution < -0.4 is 9.47 Å². The van der Waals surface area contributed by atoms with E-state index < -0.39 is 46.7 Å². The number of ether oxygens (including phenoxy) is 5. The molecule has 1 saturated heterocycles. The molecule has 1 aliphatic rings. The standard InChI is InChI=1S/C57H68N7O7PSi/c1-40(2)64(41(3)4)72(69-33-13-30-58)71-52-50(37-68-57(46-14-11-10-12-15-46,47-22-16-42(5)17-23-47)48-24-26-49(65-6)27-25-48)70-56(53(52)67-36-43-18-20-44(21-19-43)45-28-31-59-32-29-45)63-39-62-51-54(63)60-38-61-55(51)66-34-35-73(7,8)9/h10-12,14-29,31-32,38-41,50,52-53,56H,13,33-37H2,1-9H3/t50-,52-,53-,56-,57?,72?/m1/s1. The molecule has 0 amide bonds. The molecule has 0 radical (unpaired) electrons. The van der Waals surface area contributed by atoms with Crippen LogP contribution in [0, 0.1) is 18.3 Å². The van der Waals surface area contributed by atoms with E-state index in [9.17, 15) is 5.26 Å². The Balaban J connectivity index is 1.26. The Kier molecular flexibility index (Phi) is 17.8. The van der Waals surface area contributed by atoms with Gasteiger partial charge in [0.2, 0.25) is 5.88 Å². The molecule has 7 aromatic rings. The molecule has 3 aromatic heterocycles. The largest absolute Gasteiger partial charge is 0.497 e. The highest BCUT2D eigenvalue weighted by molar-refractivity contribution is 7.44. The molecule has 1 fully saturated rings. The number of pyridine rings is 1. The molecule has 14 nitrogen and oxygen atoms in total. The van der Waals surface area contributed by atoms with Crippen LogP contribution in [0.1, 0.15) is 68.2 Å². The summed E-state index contributed by atoms with van der Waals surface area (Å²) in [4.78, 5) is 18.4. The number of rotatable bonds is 24. The highest BCUT2D eigenvalue weighted by Gasteiger charge is 2.52. The zero-order chi connectivity index (χ0) is 51.5. The van der Waals surface area contributed by atoms with Crippen molar-refractivity contribution in [2.45, 2.75) is 116 Å². The van der Waals surface area contributed by atoms with Gasteiger partial charge in [-0.05, 0) is 98.3 Å². The lowest BCUT2D eigenvalue weighted by molar-refractivity contribution is -0.0963. The average Bonchev–Trinajstić information content (AvgIpc) is 3.98. The molecular weight excluding hydrogens is 954 g/mol. The van der Waals surface area contributed by atoms with Gasteiger partial charge >= 0.3 is 0 Å². The fourth-order valence-electron chi connectivity index (χ4n) is 9.12. The maximum absolute atomic E-state index is 9.70. The zero-order valence-electron chi connectivity index (χ0n) is 43.4. The Morgan fingerprint density at radius 2 is 1.45 bits per heavy atom. The lowest BCUT2D eigenvalue weighted by Gasteiger charge is -2.39. The van der Waals surface area contributed by atoms with Gasteiger partial charge < -0.3 is 32.7 Å². The molecule has 0 spiro atoms. The van der Waals surface area contributed by atoms with Crippen LogP contribution in [0.3, 0.4) is 0 Å². The predicted octanol–water partition coefficient (Wildman–Crippen LogP) is 12.1. The molecule has 4 aromatic carbocycles. The predicted molar refractivity (Wildman–Crippen MR) is 288 cm³/mol. The quantitative estimate of drug-likeness (QED) is 0.0245. The number of aryl methyl sites for hydroxylation is 1. The molecule has 16 heteroatoms. The first-order valence-corrected chi connectivity index (χ1v) is 29.9. The summed E-state index contributed by atoms with van der Waals surface area (Å²) in [6.07, 6.45) is 3.81. The molecule has 8 rings (SSSR count). The maximum Gasteiger partial charge on any atom is 0.259 e. The second-order valence-corrected chi connectivity index (χ2v) is 27.0. The minimum atomic E-state index is -1.81. The van der Waals surface area contributed by atoms with Gasteiger partial charge in [-0.25, -0.2) is 14.6 Å². The Morgan fingerprint density at radius 1 is 0.795 bits per heavy atom. The van der Waals surface area contributed by atoms with Gasteiger partial charge in [-0.3, -0.25) is 9.55 Å². The van der Waals surface area contributed by atoms with Crippen LogP contribution in [0.4, 0.5) is 0 Å². The number of hydrogen-bond donors (Lipinski definition) is 0. The van der Waals surface area contributed by atoms with Crippen LogP contribution in [0.5, 0.6) is 11.6 Å². The molecule has 0 saturated carbocycles. The smallest absolute Gasteiger partial charge is 0.259 e. The van der Waals surface area contributed by atoms with E-state index in [4.69, 9.17) is 42.7 Å². The highest BCUT2D eigenvalue weighted by atomic mass is 31.2. The topological polar surface area (TPSA) is 148 Å². The van der Waals surface area contributed by atoms with Crippen LogP contribution >= 0.6 is 8.53 Å². The highest BCUT2D eigenvalue weighted by Crippen LogP contribution is 2.52. The van der Waals surface area contributed by atoms with Gasteiger partial charge in [0.05, 0.1) is 52.4 Å². The summed E-state index contributed by atoms with van der Waals surface area (Å²) in [5.74, 6) is 1.13. The summed E-state index contributed by atoms with van der Waals surface area (Å²) in [5, 5.41) is 9.70. The minimum Gasteiger partial charge on any atom is -0.497 e. The fourth-order valence-corrected chi connectivity index (χ4v) is 11.6. The van der Waals surface area contributed by atoms with Crippen LogP contribution in [-0.2, 0) is 35.5 Å². The SMILES string of the molecule is COc1ccc(C(OC[C@H]2O[C@@H](n3cnc4c(OCC[Si](C)(C)C)ncnc43)[C@H](OCc3ccc(-c4ccncc4)cc3)[C@@H]2OP(OCCC#N)N(C(C)C)C(C)C)(c2ccccc2)c2ccc(C)cc2)cc1. The van der Waals surface area contributed by atoms with E-state index in [-0.39, 0.29) is 38.3 Å². The Labute approximate surface area is 432 Å². The van der Waals surface area contributed by atoms with Crippen molar-refractivity contribution in [3.05, 3.63) is 168 Å². The lowest BCUT2D eigenvalue weighted by Crippen LogP contribution is -2.43. The van der Waals surface area contributed by atoms with Crippen molar-refractivity contribution in [3.63, 3.8) is 0 Å². The molecule has 1 aliphatic heterocycles. The van der Waals surface area contributed by atoms with E-state index in [0.717, 1.165) is 50.7 Å². The fraction of sp³-hybridized carbons (Fsp3) is 0.386. The first-order valence-electron chi connectivity index (χ1n) is 25.0. The Morgan fingerprint density at radius 3 is 2.10 bits per heavy atom. The first-order chi connectivity index (χ1) is 35.3. The van der Waals surface area contributed by atoms with Gasteiger partial charge in [-0.1, -0.05) is 116 Å². The van der Waals surface area contributed by atoms with Crippen molar-refractivity contribution in [2.24, 2.45) is 0 Å². The number of nitriles is 1. The zero-order valence-corrected chi connectivity index (χ0v) is 45.3. The molecule has 0 N–H and O–H groups in total. The first kappa shape index (κ1) is 53.4. The summed E-state index contributed by atoms with van der Waals surface area (Å²) in [6.45, 7) is 18.5. The molecule has 382 valence electrons.